The van der Waals surface area contributed by atoms with E-state index in [1.807, 2.05) is 0 Å². The highest BCUT2D eigenvalue weighted by molar-refractivity contribution is 5.84. The Kier molecular flexibility index (Phi) is 6.02. The largest absolute Gasteiger partial charge is 0.515 e. The number of nitro benzene ring substituents is 1. The average molecular weight is 336 g/mol. The molecule has 0 saturated heterocycles. The van der Waals surface area contributed by atoms with Gasteiger partial charge in [0, 0.05) is 12.1 Å². The van der Waals surface area contributed by atoms with Gasteiger partial charge in [-0.2, -0.15) is 13.2 Å². The normalized spacial score (nSPS) is 12.3. The Morgan fingerprint density at radius 1 is 1.30 bits per heavy atom. The number of hydrogen-bond donors (Lipinski definition) is 1. The van der Waals surface area contributed by atoms with Crippen molar-refractivity contribution < 1.29 is 37.2 Å². The Balaban J connectivity index is 2.60. The highest BCUT2D eigenvalue weighted by atomic mass is 19.4. The van der Waals surface area contributed by atoms with Crippen LogP contribution in [0.3, 0.4) is 0 Å². The zero-order valence-corrected chi connectivity index (χ0v) is 11.6. The van der Waals surface area contributed by atoms with Gasteiger partial charge in [-0.05, 0) is 19.2 Å². The Hall–Kier alpha value is -2.69. The van der Waals surface area contributed by atoms with Gasteiger partial charge in [-0.3, -0.25) is 20.2 Å². The van der Waals surface area contributed by atoms with Crippen molar-refractivity contribution in [2.24, 2.45) is 0 Å². The molecule has 0 aliphatic rings. The smallest absolute Gasteiger partial charge is 0.414 e. The second-order valence-electron chi connectivity index (χ2n) is 4.12. The number of halogens is 3. The van der Waals surface area contributed by atoms with Crippen molar-refractivity contribution in [3.63, 3.8) is 0 Å². The maximum Gasteiger partial charge on any atom is 0.515 e. The van der Waals surface area contributed by atoms with Crippen LogP contribution in [0.4, 0.5) is 23.7 Å². The van der Waals surface area contributed by atoms with Gasteiger partial charge in [0.15, 0.2) is 6.23 Å². The number of rotatable bonds is 6. The highest BCUT2D eigenvalue weighted by Gasteiger charge is 2.39. The Labute approximate surface area is 127 Å². The zero-order valence-electron chi connectivity index (χ0n) is 11.6. The molecule has 0 saturated carbocycles. The summed E-state index contributed by atoms with van der Waals surface area (Å²) in [4.78, 5) is 32.0. The third-order valence-electron chi connectivity index (χ3n) is 2.50. The van der Waals surface area contributed by atoms with E-state index >= 15 is 0 Å². The van der Waals surface area contributed by atoms with Crippen molar-refractivity contribution >= 4 is 17.6 Å². The summed E-state index contributed by atoms with van der Waals surface area (Å²) in [6.45, 7) is 0. The molecule has 0 bridgehead atoms. The predicted octanol–water partition coefficient (Wildman–Crippen LogP) is 2.18. The van der Waals surface area contributed by atoms with Crippen LogP contribution in [-0.2, 0) is 9.53 Å². The van der Waals surface area contributed by atoms with E-state index in [0.29, 0.717) is 0 Å². The molecule has 11 heteroatoms. The molecular weight excluding hydrogens is 325 g/mol. The van der Waals surface area contributed by atoms with Gasteiger partial charge in [-0.15, -0.1) is 0 Å². The fraction of sp³-hybridized carbons (Fsp3) is 0.333. The molecule has 1 rings (SSSR count). The standard InChI is InChI=1S/C12H11F3N2O6/c1-16-10(6-9(18)12(13,14)15)23-11(19)22-8-4-2-7(3-5-8)17(20)21/h2-5,10,16H,6H2,1H3. The molecule has 1 aromatic rings. The molecule has 0 heterocycles. The Bertz CT molecular complexity index is 587. The van der Waals surface area contributed by atoms with E-state index < -0.39 is 35.7 Å². The number of carbonyl (C=O) groups is 2. The van der Waals surface area contributed by atoms with Gasteiger partial charge >= 0.3 is 12.3 Å². The molecule has 0 aliphatic heterocycles. The van der Waals surface area contributed by atoms with Crippen molar-refractivity contribution in [3.8, 4) is 5.75 Å². The second kappa shape index (κ2) is 7.54. The average Bonchev–Trinajstić information content (AvgIpc) is 2.45. The van der Waals surface area contributed by atoms with Gasteiger partial charge < -0.3 is 9.47 Å². The van der Waals surface area contributed by atoms with Crippen molar-refractivity contribution in [3.05, 3.63) is 34.4 Å². The van der Waals surface area contributed by atoms with E-state index in [9.17, 15) is 32.9 Å². The highest BCUT2D eigenvalue weighted by Crippen LogP contribution is 2.20. The van der Waals surface area contributed by atoms with E-state index in [2.05, 4.69) is 14.8 Å². The second-order valence-corrected chi connectivity index (χ2v) is 4.12. The summed E-state index contributed by atoms with van der Waals surface area (Å²) in [5.41, 5.74) is -0.241. The molecule has 0 aliphatic carbocycles. The number of alkyl halides is 3. The summed E-state index contributed by atoms with van der Waals surface area (Å²) >= 11 is 0. The summed E-state index contributed by atoms with van der Waals surface area (Å²) in [6.07, 6.45) is -9.06. The molecule has 1 unspecified atom stereocenters. The SMILES string of the molecule is CNC(CC(=O)C(F)(F)F)OC(=O)Oc1ccc([N+](=O)[O-])cc1. The summed E-state index contributed by atoms with van der Waals surface area (Å²) in [6, 6.07) is 4.33. The van der Waals surface area contributed by atoms with Gasteiger partial charge in [0.1, 0.15) is 5.75 Å². The fourth-order valence-electron chi connectivity index (χ4n) is 1.36. The number of nitrogens with zero attached hydrogens (tertiary/aromatic N) is 1. The van der Waals surface area contributed by atoms with Crippen molar-refractivity contribution in [2.75, 3.05) is 7.05 Å². The van der Waals surface area contributed by atoms with Crippen LogP contribution >= 0.6 is 0 Å². The minimum atomic E-state index is -5.04. The molecule has 0 radical (unpaired) electrons. The number of Topliss-reactive ketones (excluding diaryl/α,β-unsaturated/α-hetero) is 1. The Morgan fingerprint density at radius 3 is 2.30 bits per heavy atom. The summed E-state index contributed by atoms with van der Waals surface area (Å²) in [5.74, 6) is -2.18. The van der Waals surface area contributed by atoms with E-state index in [0.717, 1.165) is 24.3 Å². The number of carbonyl (C=O) groups excluding carboxylic acids is 2. The molecule has 1 atom stereocenters. The molecular formula is C12H11F3N2O6. The van der Waals surface area contributed by atoms with Crippen LogP contribution in [0.5, 0.6) is 5.75 Å². The van der Waals surface area contributed by atoms with Gasteiger partial charge in [0.2, 0.25) is 5.78 Å². The first-order valence-corrected chi connectivity index (χ1v) is 6.03. The topological polar surface area (TPSA) is 108 Å². The lowest BCUT2D eigenvalue weighted by atomic mass is 10.2. The number of ketones is 1. The van der Waals surface area contributed by atoms with Crippen LogP contribution < -0.4 is 10.1 Å². The van der Waals surface area contributed by atoms with E-state index in [1.165, 1.54) is 7.05 Å². The van der Waals surface area contributed by atoms with Crippen LogP contribution in [0.2, 0.25) is 0 Å². The van der Waals surface area contributed by atoms with Crippen molar-refractivity contribution in [1.29, 1.82) is 0 Å². The molecule has 1 N–H and O–H groups in total. The first-order chi connectivity index (χ1) is 10.6. The molecule has 8 nitrogen and oxygen atoms in total. The third kappa shape index (κ3) is 5.90. The van der Waals surface area contributed by atoms with E-state index in [-0.39, 0.29) is 11.4 Å². The maximum atomic E-state index is 12.1. The van der Waals surface area contributed by atoms with Crippen LogP contribution in [0.1, 0.15) is 6.42 Å². The quantitative estimate of drug-likeness (QED) is 0.279. The lowest BCUT2D eigenvalue weighted by molar-refractivity contribution is -0.384. The number of ether oxygens (including phenoxy) is 2. The van der Waals surface area contributed by atoms with E-state index in [4.69, 9.17) is 0 Å². The first kappa shape index (κ1) is 18.4. The molecule has 1 aromatic carbocycles. The monoisotopic (exact) mass is 336 g/mol. The summed E-state index contributed by atoms with van der Waals surface area (Å²) in [7, 11) is 1.19. The lowest BCUT2D eigenvalue weighted by Gasteiger charge is -2.16. The predicted molar refractivity (Wildman–Crippen MR) is 68.7 cm³/mol. The van der Waals surface area contributed by atoms with Gasteiger partial charge in [0.25, 0.3) is 5.69 Å². The zero-order chi connectivity index (χ0) is 17.6. The summed E-state index contributed by atoms with van der Waals surface area (Å²) < 4.78 is 45.5. The molecule has 0 fully saturated rings. The van der Waals surface area contributed by atoms with Crippen LogP contribution in [-0.4, -0.2) is 36.3 Å². The minimum Gasteiger partial charge on any atom is -0.414 e. The minimum absolute atomic E-state index is 0.113. The van der Waals surface area contributed by atoms with Gasteiger partial charge in [0.05, 0.1) is 11.3 Å². The van der Waals surface area contributed by atoms with E-state index in [1.54, 1.807) is 0 Å². The number of hydrogen-bond acceptors (Lipinski definition) is 7. The van der Waals surface area contributed by atoms with Crippen molar-refractivity contribution in [1.82, 2.24) is 5.32 Å². The molecule has 126 valence electrons. The number of nitrogens with one attached hydrogen (secondary N) is 1. The molecule has 23 heavy (non-hydrogen) atoms. The maximum absolute atomic E-state index is 12.1. The number of nitro groups is 1. The fourth-order valence-corrected chi connectivity index (χ4v) is 1.36. The van der Waals surface area contributed by atoms with Crippen LogP contribution in [0.25, 0.3) is 0 Å². The van der Waals surface area contributed by atoms with Crippen LogP contribution in [0.15, 0.2) is 24.3 Å². The first-order valence-electron chi connectivity index (χ1n) is 6.03. The van der Waals surface area contributed by atoms with Gasteiger partial charge in [-0.25, -0.2) is 4.79 Å². The molecule has 0 aromatic heterocycles. The lowest BCUT2D eigenvalue weighted by Crippen LogP contribution is -2.37. The molecule has 0 spiro atoms. The van der Waals surface area contributed by atoms with Crippen molar-refractivity contribution in [2.45, 2.75) is 18.8 Å². The summed E-state index contributed by atoms with van der Waals surface area (Å²) in [5, 5.41) is 12.7. The number of benzene rings is 1. The van der Waals surface area contributed by atoms with Gasteiger partial charge in [-0.1, -0.05) is 0 Å². The Morgan fingerprint density at radius 2 is 1.87 bits per heavy atom. The van der Waals surface area contributed by atoms with Crippen LogP contribution in [0, 0.1) is 10.1 Å². The number of non-ortho nitro benzene ring substituents is 1. The molecule has 0 amide bonds. The third-order valence-corrected chi connectivity index (χ3v) is 2.50.